The van der Waals surface area contributed by atoms with Crippen molar-refractivity contribution in [3.8, 4) is 0 Å². The van der Waals surface area contributed by atoms with Gasteiger partial charge in [-0.15, -0.1) is 11.3 Å². The van der Waals surface area contributed by atoms with Crippen LogP contribution in [0.3, 0.4) is 0 Å². The molecule has 0 saturated heterocycles. The third-order valence-electron chi connectivity index (χ3n) is 4.45. The lowest BCUT2D eigenvalue weighted by molar-refractivity contribution is 0.0796. The molecule has 3 N–H and O–H groups in total. The Labute approximate surface area is 130 Å². The highest BCUT2D eigenvalue weighted by Gasteiger charge is 2.34. The summed E-state index contributed by atoms with van der Waals surface area (Å²) in [7, 11) is 4.22. The van der Waals surface area contributed by atoms with Crippen LogP contribution >= 0.6 is 11.3 Å². The Bertz CT molecular complexity index is 466. The molecule has 0 spiro atoms. The van der Waals surface area contributed by atoms with Gasteiger partial charge in [0, 0.05) is 23.9 Å². The normalized spacial score (nSPS) is 17.9. The second-order valence-electron chi connectivity index (χ2n) is 6.03. The van der Waals surface area contributed by atoms with E-state index < -0.39 is 0 Å². The third kappa shape index (κ3) is 4.02. The number of hydrogen-bond acceptors (Lipinski definition) is 5. The lowest BCUT2D eigenvalue weighted by Gasteiger charge is -2.43. The number of amides is 1. The highest BCUT2D eigenvalue weighted by atomic mass is 32.1. The molecular formula is C15H26N4OS. The van der Waals surface area contributed by atoms with Crippen molar-refractivity contribution < 1.29 is 4.79 Å². The van der Waals surface area contributed by atoms with Gasteiger partial charge in [-0.25, -0.2) is 4.98 Å². The molecule has 0 radical (unpaired) electrons. The third-order valence-corrected chi connectivity index (χ3v) is 5.36. The molecule has 1 aromatic heterocycles. The number of nitrogens with zero attached hydrogens (tertiary/aromatic N) is 2. The molecule has 1 fully saturated rings. The number of thiazole rings is 1. The van der Waals surface area contributed by atoms with Gasteiger partial charge in [-0.2, -0.15) is 0 Å². The standard InChI is InChI=1S/C15H26N4OS/c1-19(2)15(7-4-3-5-8-15)11-17-14(20)12-10-21-13(18-12)6-9-16/h10H,3-9,11,16H2,1-2H3,(H,17,20). The summed E-state index contributed by atoms with van der Waals surface area (Å²) in [6, 6.07) is 0. The zero-order chi connectivity index (χ0) is 15.3. The molecular weight excluding hydrogens is 284 g/mol. The summed E-state index contributed by atoms with van der Waals surface area (Å²) in [6.07, 6.45) is 6.82. The fourth-order valence-electron chi connectivity index (χ4n) is 2.98. The monoisotopic (exact) mass is 310 g/mol. The highest BCUT2D eigenvalue weighted by molar-refractivity contribution is 7.09. The molecule has 6 heteroatoms. The number of nitrogens with two attached hydrogens (primary N) is 1. The molecule has 21 heavy (non-hydrogen) atoms. The maximum Gasteiger partial charge on any atom is 0.270 e. The number of likely N-dealkylation sites (N-methyl/N-ethyl adjacent to an activating group) is 1. The molecule has 118 valence electrons. The molecule has 2 rings (SSSR count). The lowest BCUT2D eigenvalue weighted by Crippen LogP contribution is -2.53. The van der Waals surface area contributed by atoms with E-state index in [0.717, 1.165) is 24.3 Å². The molecule has 0 aliphatic heterocycles. The maximum atomic E-state index is 12.3. The quantitative estimate of drug-likeness (QED) is 0.838. The number of carbonyl (C=O) groups excluding carboxylic acids is 1. The minimum absolute atomic E-state index is 0.0682. The van der Waals surface area contributed by atoms with Crippen LogP contribution in [0.4, 0.5) is 0 Å². The molecule has 5 nitrogen and oxygen atoms in total. The van der Waals surface area contributed by atoms with Gasteiger partial charge in [0.15, 0.2) is 0 Å². The van der Waals surface area contributed by atoms with Gasteiger partial charge in [0.25, 0.3) is 5.91 Å². The van der Waals surface area contributed by atoms with E-state index in [-0.39, 0.29) is 11.4 Å². The first kappa shape index (κ1) is 16.4. The summed E-state index contributed by atoms with van der Waals surface area (Å²) in [4.78, 5) is 18.9. The Morgan fingerprint density at radius 2 is 2.14 bits per heavy atom. The first-order chi connectivity index (χ1) is 10.1. The summed E-state index contributed by atoms with van der Waals surface area (Å²) >= 11 is 1.51. The maximum absolute atomic E-state index is 12.3. The van der Waals surface area contributed by atoms with Gasteiger partial charge < -0.3 is 16.0 Å². The van der Waals surface area contributed by atoms with Crippen molar-refractivity contribution in [2.45, 2.75) is 44.1 Å². The van der Waals surface area contributed by atoms with Crippen LogP contribution in [0.15, 0.2) is 5.38 Å². The average Bonchev–Trinajstić information content (AvgIpc) is 2.95. The van der Waals surface area contributed by atoms with E-state index in [9.17, 15) is 4.79 Å². The first-order valence-electron chi connectivity index (χ1n) is 7.67. The molecule has 1 heterocycles. The Kier molecular flexibility index (Phi) is 5.72. The van der Waals surface area contributed by atoms with E-state index in [1.165, 1.54) is 30.6 Å². The van der Waals surface area contributed by atoms with Crippen molar-refractivity contribution in [3.63, 3.8) is 0 Å². The molecule has 0 bridgehead atoms. The van der Waals surface area contributed by atoms with Crippen molar-refractivity contribution in [3.05, 3.63) is 16.1 Å². The van der Waals surface area contributed by atoms with Gasteiger partial charge >= 0.3 is 0 Å². The fourth-order valence-corrected chi connectivity index (χ4v) is 3.78. The number of hydrogen-bond donors (Lipinski definition) is 2. The van der Waals surface area contributed by atoms with Gasteiger partial charge in [0.1, 0.15) is 5.69 Å². The minimum Gasteiger partial charge on any atom is -0.349 e. The van der Waals surface area contributed by atoms with E-state index in [1.54, 1.807) is 0 Å². The fraction of sp³-hybridized carbons (Fsp3) is 0.733. The van der Waals surface area contributed by atoms with E-state index in [1.807, 2.05) is 5.38 Å². The van der Waals surface area contributed by atoms with Gasteiger partial charge in [0.05, 0.1) is 5.01 Å². The Hall–Kier alpha value is -0.980. The van der Waals surface area contributed by atoms with Gasteiger partial charge in [-0.3, -0.25) is 4.79 Å². The molecule has 1 amide bonds. The van der Waals surface area contributed by atoms with E-state index in [4.69, 9.17) is 5.73 Å². The van der Waals surface area contributed by atoms with Gasteiger partial charge in [-0.1, -0.05) is 19.3 Å². The van der Waals surface area contributed by atoms with Crippen LogP contribution in [0.5, 0.6) is 0 Å². The van der Waals surface area contributed by atoms with Gasteiger partial charge in [-0.05, 0) is 33.5 Å². The Morgan fingerprint density at radius 1 is 1.43 bits per heavy atom. The van der Waals surface area contributed by atoms with Crippen LogP contribution in [0.25, 0.3) is 0 Å². The summed E-state index contributed by atoms with van der Waals surface area (Å²) < 4.78 is 0. The summed E-state index contributed by atoms with van der Waals surface area (Å²) in [6.45, 7) is 1.26. The lowest BCUT2D eigenvalue weighted by atomic mass is 9.80. The van der Waals surface area contributed by atoms with Crippen molar-refractivity contribution >= 4 is 17.2 Å². The smallest absolute Gasteiger partial charge is 0.270 e. The van der Waals surface area contributed by atoms with E-state index in [0.29, 0.717) is 18.8 Å². The van der Waals surface area contributed by atoms with E-state index >= 15 is 0 Å². The average molecular weight is 310 g/mol. The Morgan fingerprint density at radius 3 is 2.76 bits per heavy atom. The molecule has 1 saturated carbocycles. The predicted molar refractivity (Wildman–Crippen MR) is 86.7 cm³/mol. The highest BCUT2D eigenvalue weighted by Crippen LogP contribution is 2.31. The zero-order valence-corrected chi connectivity index (χ0v) is 13.8. The van der Waals surface area contributed by atoms with Crippen LogP contribution in [0.1, 0.15) is 47.6 Å². The van der Waals surface area contributed by atoms with Crippen LogP contribution in [0.2, 0.25) is 0 Å². The zero-order valence-electron chi connectivity index (χ0n) is 13.0. The van der Waals surface area contributed by atoms with E-state index in [2.05, 4.69) is 29.3 Å². The molecule has 1 aliphatic carbocycles. The minimum atomic E-state index is -0.0682. The molecule has 0 aromatic carbocycles. The number of nitrogens with one attached hydrogen (secondary N) is 1. The number of aromatic nitrogens is 1. The van der Waals surface area contributed by atoms with Crippen molar-refractivity contribution in [2.75, 3.05) is 27.2 Å². The summed E-state index contributed by atoms with van der Waals surface area (Å²) in [5, 5.41) is 5.83. The second kappa shape index (κ2) is 7.33. The van der Waals surface area contributed by atoms with Crippen molar-refractivity contribution in [2.24, 2.45) is 5.73 Å². The summed E-state index contributed by atoms with van der Waals surface area (Å²) in [5.74, 6) is -0.0682. The van der Waals surface area contributed by atoms with Crippen LogP contribution in [0, 0.1) is 0 Å². The van der Waals surface area contributed by atoms with Gasteiger partial charge in [0.2, 0.25) is 0 Å². The summed E-state index contributed by atoms with van der Waals surface area (Å²) in [5.41, 5.74) is 6.14. The van der Waals surface area contributed by atoms with Crippen molar-refractivity contribution in [1.82, 2.24) is 15.2 Å². The second-order valence-corrected chi connectivity index (χ2v) is 6.97. The van der Waals surface area contributed by atoms with Crippen molar-refractivity contribution in [1.29, 1.82) is 0 Å². The Balaban J connectivity index is 1.95. The van der Waals surface area contributed by atoms with Crippen LogP contribution in [-0.4, -0.2) is 48.5 Å². The molecule has 1 aliphatic rings. The van der Waals surface area contributed by atoms with Crippen LogP contribution < -0.4 is 11.1 Å². The SMILES string of the molecule is CN(C)C1(CNC(=O)c2csc(CCN)n2)CCCCC1. The number of carbonyl (C=O) groups is 1. The topological polar surface area (TPSA) is 71.2 Å². The molecule has 0 atom stereocenters. The predicted octanol–water partition coefficient (Wildman–Crippen LogP) is 1.64. The molecule has 0 unspecified atom stereocenters. The number of rotatable bonds is 6. The largest absolute Gasteiger partial charge is 0.349 e. The van der Waals surface area contributed by atoms with Crippen LogP contribution in [-0.2, 0) is 6.42 Å². The first-order valence-corrected chi connectivity index (χ1v) is 8.55. The molecule has 1 aromatic rings.